The van der Waals surface area contributed by atoms with Crippen LogP contribution in [0.3, 0.4) is 0 Å². The Morgan fingerprint density at radius 1 is 1.16 bits per heavy atom. The highest BCUT2D eigenvalue weighted by molar-refractivity contribution is 7.10. The van der Waals surface area contributed by atoms with Gasteiger partial charge in [0, 0.05) is 29.1 Å². The second-order valence-corrected chi connectivity index (χ2v) is 9.45. The Kier molecular flexibility index (Phi) is 4.99. The van der Waals surface area contributed by atoms with Gasteiger partial charge >= 0.3 is 0 Å². The molecule has 0 radical (unpaired) electrons. The highest BCUT2D eigenvalue weighted by Crippen LogP contribution is 2.39. The van der Waals surface area contributed by atoms with Crippen LogP contribution >= 0.6 is 22.9 Å². The van der Waals surface area contributed by atoms with E-state index >= 15 is 0 Å². The fourth-order valence-corrected chi connectivity index (χ4v) is 5.43. The summed E-state index contributed by atoms with van der Waals surface area (Å²) in [4.78, 5) is 31.1. The Hall–Kier alpha value is -2.83. The molecule has 2 aliphatic rings. The van der Waals surface area contributed by atoms with E-state index in [1.54, 1.807) is 17.4 Å². The molecule has 2 aliphatic heterocycles. The van der Waals surface area contributed by atoms with Crippen LogP contribution in [0.5, 0.6) is 0 Å². The Balaban J connectivity index is 1.53. The first kappa shape index (κ1) is 20.1. The molecular weight excluding hydrogens is 430 g/mol. The minimum Gasteiger partial charge on any atom is -0.361 e. The summed E-state index contributed by atoms with van der Waals surface area (Å²) in [7, 11) is 1.89. The number of halogens is 1. The normalized spacial score (nSPS) is 20.2. The number of carbonyl (C=O) groups excluding carboxylic acids is 2. The lowest BCUT2D eigenvalue weighted by Crippen LogP contribution is -2.44. The molecule has 31 heavy (non-hydrogen) atoms. The lowest BCUT2D eigenvalue weighted by Gasteiger charge is -2.37. The number of hydrogen-bond acceptors (Lipinski definition) is 4. The zero-order valence-corrected chi connectivity index (χ0v) is 18.8. The fourth-order valence-electron chi connectivity index (χ4n) is 4.40. The average molecular weight is 452 g/mol. The van der Waals surface area contributed by atoms with E-state index in [4.69, 9.17) is 11.6 Å². The first-order valence-electron chi connectivity index (χ1n) is 10.2. The van der Waals surface area contributed by atoms with E-state index in [9.17, 15) is 9.59 Å². The molecule has 2 aromatic carbocycles. The van der Waals surface area contributed by atoms with E-state index in [-0.39, 0.29) is 23.9 Å². The molecule has 1 aromatic heterocycles. The van der Waals surface area contributed by atoms with Gasteiger partial charge in [0.1, 0.15) is 6.04 Å². The molecule has 2 atom stereocenters. The van der Waals surface area contributed by atoms with E-state index in [0.29, 0.717) is 22.8 Å². The van der Waals surface area contributed by atoms with E-state index in [0.717, 1.165) is 17.7 Å². The van der Waals surface area contributed by atoms with Crippen molar-refractivity contribution in [1.29, 1.82) is 0 Å². The van der Waals surface area contributed by atoms with E-state index in [1.165, 1.54) is 10.4 Å². The number of rotatable bonds is 2. The maximum Gasteiger partial charge on any atom is 0.254 e. The Labute approximate surface area is 190 Å². The van der Waals surface area contributed by atoms with Gasteiger partial charge in [-0.05, 0) is 66.2 Å². The highest BCUT2D eigenvalue weighted by Gasteiger charge is 2.34. The molecule has 0 spiro atoms. The number of carbonyl (C=O) groups is 2. The number of anilines is 2. The quantitative estimate of drug-likeness (QED) is 0.598. The van der Waals surface area contributed by atoms with Crippen molar-refractivity contribution < 1.29 is 9.59 Å². The lowest BCUT2D eigenvalue weighted by molar-refractivity contribution is -0.117. The van der Waals surface area contributed by atoms with Gasteiger partial charge in [0.05, 0.1) is 17.4 Å². The number of amides is 2. The van der Waals surface area contributed by atoms with Crippen molar-refractivity contribution in [3.8, 4) is 0 Å². The zero-order chi connectivity index (χ0) is 21.7. The van der Waals surface area contributed by atoms with Crippen LogP contribution in [0.4, 0.5) is 11.4 Å². The van der Waals surface area contributed by atoms with Crippen LogP contribution in [0, 0.1) is 0 Å². The van der Waals surface area contributed by atoms with Gasteiger partial charge in [-0.2, -0.15) is 0 Å². The SMILES string of the molecule is CC1C(=O)Nc2cc(C(=O)N3CCc4sccc4C3c3ccc(Cl)cc3)ccc2N1C. The molecule has 0 aliphatic carbocycles. The zero-order valence-electron chi connectivity index (χ0n) is 17.3. The van der Waals surface area contributed by atoms with Gasteiger partial charge in [-0.3, -0.25) is 9.59 Å². The van der Waals surface area contributed by atoms with E-state index in [2.05, 4.69) is 16.8 Å². The summed E-state index contributed by atoms with van der Waals surface area (Å²) in [5.41, 5.74) is 4.37. The van der Waals surface area contributed by atoms with Crippen LogP contribution in [-0.2, 0) is 11.2 Å². The molecule has 5 rings (SSSR count). The summed E-state index contributed by atoms with van der Waals surface area (Å²) in [6.45, 7) is 2.50. The molecule has 0 saturated heterocycles. The number of hydrogen-bond donors (Lipinski definition) is 1. The molecule has 3 aromatic rings. The van der Waals surface area contributed by atoms with Crippen molar-refractivity contribution in [2.75, 3.05) is 23.8 Å². The van der Waals surface area contributed by atoms with Crippen molar-refractivity contribution in [3.63, 3.8) is 0 Å². The maximum absolute atomic E-state index is 13.7. The van der Waals surface area contributed by atoms with Crippen LogP contribution in [0.25, 0.3) is 0 Å². The minimum atomic E-state index is -0.248. The summed E-state index contributed by atoms with van der Waals surface area (Å²) in [6.07, 6.45) is 0.838. The van der Waals surface area contributed by atoms with Crippen molar-refractivity contribution in [2.24, 2.45) is 0 Å². The molecule has 0 fully saturated rings. The van der Waals surface area contributed by atoms with E-state index in [1.807, 2.05) is 60.2 Å². The second kappa shape index (κ2) is 7.70. The van der Waals surface area contributed by atoms with Crippen molar-refractivity contribution in [1.82, 2.24) is 4.90 Å². The van der Waals surface area contributed by atoms with Crippen LogP contribution in [0.15, 0.2) is 53.9 Å². The summed E-state index contributed by atoms with van der Waals surface area (Å²) >= 11 is 7.85. The smallest absolute Gasteiger partial charge is 0.254 e. The lowest BCUT2D eigenvalue weighted by atomic mass is 9.92. The fraction of sp³-hybridized carbons (Fsp3) is 0.250. The molecule has 3 heterocycles. The van der Waals surface area contributed by atoms with Crippen molar-refractivity contribution in [3.05, 3.63) is 80.5 Å². The highest BCUT2D eigenvalue weighted by atomic mass is 35.5. The third-order valence-electron chi connectivity index (χ3n) is 6.25. The van der Waals surface area contributed by atoms with Gasteiger partial charge in [0.15, 0.2) is 0 Å². The first-order chi connectivity index (χ1) is 14.9. The molecule has 2 unspecified atom stereocenters. The van der Waals surface area contributed by atoms with Gasteiger partial charge in [-0.1, -0.05) is 23.7 Å². The predicted molar refractivity (Wildman–Crippen MR) is 125 cm³/mol. The Morgan fingerprint density at radius 3 is 2.71 bits per heavy atom. The largest absolute Gasteiger partial charge is 0.361 e. The number of nitrogens with zero attached hydrogens (tertiary/aromatic N) is 2. The Morgan fingerprint density at radius 2 is 1.94 bits per heavy atom. The number of benzene rings is 2. The monoisotopic (exact) mass is 451 g/mol. The van der Waals surface area contributed by atoms with Crippen molar-refractivity contribution in [2.45, 2.75) is 25.4 Å². The van der Waals surface area contributed by atoms with Gasteiger partial charge in [-0.15, -0.1) is 11.3 Å². The molecule has 158 valence electrons. The molecule has 1 N–H and O–H groups in total. The molecule has 0 bridgehead atoms. The van der Waals surface area contributed by atoms with Gasteiger partial charge in [0.25, 0.3) is 5.91 Å². The molecule has 0 saturated carbocycles. The summed E-state index contributed by atoms with van der Waals surface area (Å²) in [6, 6.07) is 15.0. The van der Waals surface area contributed by atoms with Crippen molar-refractivity contribution >= 4 is 46.1 Å². The summed E-state index contributed by atoms with van der Waals surface area (Å²) < 4.78 is 0. The second-order valence-electron chi connectivity index (χ2n) is 8.01. The topological polar surface area (TPSA) is 52.7 Å². The number of thiophene rings is 1. The van der Waals surface area contributed by atoms with Gasteiger partial charge in [-0.25, -0.2) is 0 Å². The summed E-state index contributed by atoms with van der Waals surface area (Å²) in [5, 5.41) is 5.70. The van der Waals surface area contributed by atoms with Gasteiger partial charge in [0.2, 0.25) is 5.91 Å². The average Bonchev–Trinajstić information content (AvgIpc) is 3.25. The van der Waals surface area contributed by atoms with Crippen LogP contribution < -0.4 is 10.2 Å². The van der Waals surface area contributed by atoms with Crippen LogP contribution in [-0.4, -0.2) is 36.3 Å². The third kappa shape index (κ3) is 3.40. The standard InChI is InChI=1S/C24H22ClN3O2S/c1-14-23(29)26-19-13-16(5-8-20(19)27(14)2)24(30)28-11-9-21-18(10-12-31-21)22(28)15-3-6-17(25)7-4-15/h3-8,10,12-14,22H,9,11H2,1-2H3,(H,26,29). The number of fused-ring (bicyclic) bond motifs is 2. The third-order valence-corrected chi connectivity index (χ3v) is 7.50. The number of likely N-dealkylation sites (N-methyl/N-ethyl adjacent to an activating group) is 1. The molecular formula is C24H22ClN3O2S. The maximum atomic E-state index is 13.7. The molecule has 2 amide bonds. The summed E-state index contributed by atoms with van der Waals surface area (Å²) in [5.74, 6) is -0.116. The van der Waals surface area contributed by atoms with Crippen LogP contribution in [0.2, 0.25) is 5.02 Å². The first-order valence-corrected chi connectivity index (χ1v) is 11.5. The molecule has 7 heteroatoms. The molecule has 5 nitrogen and oxygen atoms in total. The Bertz CT molecular complexity index is 1170. The minimum absolute atomic E-state index is 0.0462. The number of nitrogens with one attached hydrogen (secondary N) is 1. The van der Waals surface area contributed by atoms with Crippen LogP contribution in [0.1, 0.15) is 39.3 Å². The van der Waals surface area contributed by atoms with Gasteiger partial charge < -0.3 is 15.1 Å². The predicted octanol–water partition coefficient (Wildman–Crippen LogP) is 4.97. The van der Waals surface area contributed by atoms with E-state index < -0.39 is 0 Å².